The average molecular weight is 261 g/mol. The van der Waals surface area contributed by atoms with Gasteiger partial charge in [0.15, 0.2) is 0 Å². The molecule has 0 fully saturated rings. The standard InChI is InChI=1S/C19H19N/c1-14(2)12-19-17-11-7-6-10-16(17)13-18(20-19)15-8-4-3-5-9-15/h3-11,13-14H,12H2,1-2H3. The highest BCUT2D eigenvalue weighted by atomic mass is 14.7. The number of aromatic nitrogens is 1. The van der Waals surface area contributed by atoms with E-state index >= 15 is 0 Å². The Hall–Kier alpha value is -2.15. The lowest BCUT2D eigenvalue weighted by Crippen LogP contribution is -2.00. The SMILES string of the molecule is CC(C)Cc1nc(-c2ccccc2)cc2ccccc12. The second-order valence-electron chi connectivity index (χ2n) is 5.64. The minimum Gasteiger partial charge on any atom is -0.252 e. The van der Waals surface area contributed by atoms with Crippen LogP contribution in [0, 0.1) is 5.92 Å². The third-order valence-electron chi connectivity index (χ3n) is 3.49. The summed E-state index contributed by atoms with van der Waals surface area (Å²) in [7, 11) is 0. The van der Waals surface area contributed by atoms with E-state index in [2.05, 4.69) is 68.4 Å². The van der Waals surface area contributed by atoms with Crippen LogP contribution in [-0.2, 0) is 6.42 Å². The van der Waals surface area contributed by atoms with Crippen LogP contribution in [0.1, 0.15) is 19.5 Å². The first-order valence-corrected chi connectivity index (χ1v) is 7.18. The lowest BCUT2D eigenvalue weighted by molar-refractivity contribution is 0.639. The molecule has 1 nitrogen and oxygen atoms in total. The number of benzene rings is 2. The quantitative estimate of drug-likeness (QED) is 0.639. The number of fused-ring (bicyclic) bond motifs is 1. The van der Waals surface area contributed by atoms with Gasteiger partial charge in [-0.3, -0.25) is 4.98 Å². The molecule has 100 valence electrons. The van der Waals surface area contributed by atoms with Crippen molar-refractivity contribution in [1.82, 2.24) is 4.98 Å². The summed E-state index contributed by atoms with van der Waals surface area (Å²) in [5.41, 5.74) is 3.46. The van der Waals surface area contributed by atoms with Gasteiger partial charge in [-0.05, 0) is 23.8 Å². The number of hydrogen-bond acceptors (Lipinski definition) is 1. The van der Waals surface area contributed by atoms with Crippen molar-refractivity contribution in [2.45, 2.75) is 20.3 Å². The van der Waals surface area contributed by atoms with Crippen molar-refractivity contribution < 1.29 is 0 Å². The number of nitrogens with zero attached hydrogens (tertiary/aromatic N) is 1. The van der Waals surface area contributed by atoms with Gasteiger partial charge in [-0.15, -0.1) is 0 Å². The van der Waals surface area contributed by atoms with Crippen LogP contribution in [-0.4, -0.2) is 4.98 Å². The number of rotatable bonds is 3. The van der Waals surface area contributed by atoms with Gasteiger partial charge in [-0.2, -0.15) is 0 Å². The molecule has 0 aliphatic rings. The predicted octanol–water partition coefficient (Wildman–Crippen LogP) is 5.10. The Morgan fingerprint density at radius 2 is 1.60 bits per heavy atom. The van der Waals surface area contributed by atoms with Gasteiger partial charge < -0.3 is 0 Å². The zero-order valence-electron chi connectivity index (χ0n) is 12.0. The van der Waals surface area contributed by atoms with Crippen LogP contribution in [0.2, 0.25) is 0 Å². The first kappa shape index (κ1) is 12.9. The minimum absolute atomic E-state index is 0.608. The topological polar surface area (TPSA) is 12.9 Å². The van der Waals surface area contributed by atoms with Crippen molar-refractivity contribution >= 4 is 10.8 Å². The Morgan fingerprint density at radius 3 is 2.35 bits per heavy atom. The Kier molecular flexibility index (Phi) is 3.51. The lowest BCUT2D eigenvalue weighted by Gasteiger charge is -2.11. The fourth-order valence-electron chi connectivity index (χ4n) is 2.57. The summed E-state index contributed by atoms with van der Waals surface area (Å²) in [6, 6.07) is 21.1. The van der Waals surface area contributed by atoms with E-state index in [1.807, 2.05) is 6.07 Å². The number of hydrogen-bond donors (Lipinski definition) is 0. The average Bonchev–Trinajstić information content (AvgIpc) is 2.47. The van der Waals surface area contributed by atoms with E-state index in [4.69, 9.17) is 4.98 Å². The molecule has 0 spiro atoms. The maximum absolute atomic E-state index is 4.91. The zero-order chi connectivity index (χ0) is 13.9. The van der Waals surface area contributed by atoms with Crippen molar-refractivity contribution in [2.24, 2.45) is 5.92 Å². The monoisotopic (exact) mass is 261 g/mol. The van der Waals surface area contributed by atoms with Gasteiger partial charge in [0.25, 0.3) is 0 Å². The highest BCUT2D eigenvalue weighted by Gasteiger charge is 2.08. The van der Waals surface area contributed by atoms with Crippen LogP contribution in [0.5, 0.6) is 0 Å². The number of pyridine rings is 1. The summed E-state index contributed by atoms with van der Waals surface area (Å²) >= 11 is 0. The second-order valence-corrected chi connectivity index (χ2v) is 5.64. The molecule has 0 N–H and O–H groups in total. The molecule has 0 saturated carbocycles. The Balaban J connectivity index is 2.20. The molecule has 0 saturated heterocycles. The van der Waals surface area contributed by atoms with Crippen LogP contribution in [0.3, 0.4) is 0 Å². The molecule has 0 atom stereocenters. The normalized spacial score (nSPS) is 11.2. The predicted molar refractivity (Wildman–Crippen MR) is 85.7 cm³/mol. The Morgan fingerprint density at radius 1 is 0.900 bits per heavy atom. The molecular formula is C19H19N. The summed E-state index contributed by atoms with van der Waals surface area (Å²) < 4.78 is 0. The molecule has 0 radical (unpaired) electrons. The van der Waals surface area contributed by atoms with Gasteiger partial charge in [0.1, 0.15) is 0 Å². The molecule has 3 rings (SSSR count). The van der Waals surface area contributed by atoms with E-state index in [1.54, 1.807) is 0 Å². The second kappa shape index (κ2) is 5.46. The molecule has 20 heavy (non-hydrogen) atoms. The smallest absolute Gasteiger partial charge is 0.0711 e. The molecule has 0 aliphatic carbocycles. The van der Waals surface area contributed by atoms with Gasteiger partial charge in [0.05, 0.1) is 5.69 Å². The maximum Gasteiger partial charge on any atom is 0.0711 e. The van der Waals surface area contributed by atoms with Gasteiger partial charge in [-0.25, -0.2) is 0 Å². The van der Waals surface area contributed by atoms with Crippen LogP contribution < -0.4 is 0 Å². The van der Waals surface area contributed by atoms with E-state index in [0.29, 0.717) is 5.92 Å². The van der Waals surface area contributed by atoms with Gasteiger partial charge in [0.2, 0.25) is 0 Å². The fourth-order valence-corrected chi connectivity index (χ4v) is 2.57. The van der Waals surface area contributed by atoms with E-state index in [0.717, 1.165) is 12.1 Å². The zero-order valence-corrected chi connectivity index (χ0v) is 12.0. The molecule has 1 aromatic heterocycles. The highest BCUT2D eigenvalue weighted by molar-refractivity contribution is 5.87. The molecule has 3 aromatic rings. The van der Waals surface area contributed by atoms with E-state index in [1.165, 1.54) is 22.0 Å². The van der Waals surface area contributed by atoms with Crippen molar-refractivity contribution in [2.75, 3.05) is 0 Å². The lowest BCUT2D eigenvalue weighted by atomic mass is 10.00. The maximum atomic E-state index is 4.91. The third kappa shape index (κ3) is 2.57. The summed E-state index contributed by atoms with van der Waals surface area (Å²) in [5.74, 6) is 0.608. The first-order chi connectivity index (χ1) is 9.74. The van der Waals surface area contributed by atoms with Gasteiger partial charge in [-0.1, -0.05) is 68.4 Å². The molecule has 0 amide bonds. The van der Waals surface area contributed by atoms with E-state index in [9.17, 15) is 0 Å². The highest BCUT2D eigenvalue weighted by Crippen LogP contribution is 2.26. The molecule has 0 bridgehead atoms. The Bertz CT molecular complexity index is 714. The summed E-state index contributed by atoms with van der Waals surface area (Å²) in [4.78, 5) is 4.91. The van der Waals surface area contributed by atoms with Gasteiger partial charge in [0, 0.05) is 16.6 Å². The molecule has 1 heterocycles. The van der Waals surface area contributed by atoms with Crippen molar-refractivity contribution in [3.05, 3.63) is 66.4 Å². The van der Waals surface area contributed by atoms with E-state index < -0.39 is 0 Å². The van der Waals surface area contributed by atoms with Crippen LogP contribution >= 0.6 is 0 Å². The molecule has 0 aliphatic heterocycles. The van der Waals surface area contributed by atoms with Crippen molar-refractivity contribution in [1.29, 1.82) is 0 Å². The van der Waals surface area contributed by atoms with E-state index in [-0.39, 0.29) is 0 Å². The summed E-state index contributed by atoms with van der Waals surface area (Å²) in [6.07, 6.45) is 1.02. The summed E-state index contributed by atoms with van der Waals surface area (Å²) in [5, 5.41) is 2.55. The third-order valence-corrected chi connectivity index (χ3v) is 3.49. The molecule has 0 unspecified atom stereocenters. The largest absolute Gasteiger partial charge is 0.252 e. The van der Waals surface area contributed by atoms with Crippen LogP contribution in [0.4, 0.5) is 0 Å². The first-order valence-electron chi connectivity index (χ1n) is 7.18. The molecule has 1 heteroatoms. The molecular weight excluding hydrogens is 242 g/mol. The minimum atomic E-state index is 0.608. The van der Waals surface area contributed by atoms with Crippen molar-refractivity contribution in [3.63, 3.8) is 0 Å². The van der Waals surface area contributed by atoms with Gasteiger partial charge >= 0.3 is 0 Å². The van der Waals surface area contributed by atoms with Crippen molar-refractivity contribution in [3.8, 4) is 11.3 Å². The Labute approximate surface area is 120 Å². The fraction of sp³-hybridized carbons (Fsp3) is 0.211. The van der Waals surface area contributed by atoms with Crippen LogP contribution in [0.15, 0.2) is 60.7 Å². The summed E-state index contributed by atoms with van der Waals surface area (Å²) in [6.45, 7) is 4.48. The van der Waals surface area contributed by atoms with Crippen LogP contribution in [0.25, 0.3) is 22.0 Å². The molecule has 2 aromatic carbocycles.